The van der Waals surface area contributed by atoms with Crippen molar-refractivity contribution in [2.75, 3.05) is 20.2 Å². The summed E-state index contributed by atoms with van der Waals surface area (Å²) in [6.45, 7) is 2.87. The number of hydrogen-bond donors (Lipinski definition) is 2. The van der Waals surface area contributed by atoms with Crippen molar-refractivity contribution in [1.82, 2.24) is 19.8 Å². The van der Waals surface area contributed by atoms with Crippen LogP contribution in [-0.4, -0.2) is 64.3 Å². The molecule has 234 valence electrons. The molecule has 2 amide bonds. The fraction of sp³-hybridized carbons (Fsp3) is 0.438. The van der Waals surface area contributed by atoms with E-state index in [0.29, 0.717) is 50.9 Å². The number of hydrogen-bond acceptors (Lipinski definition) is 6. The van der Waals surface area contributed by atoms with Crippen molar-refractivity contribution in [2.24, 2.45) is 12.8 Å². The summed E-state index contributed by atoms with van der Waals surface area (Å²) in [5, 5.41) is 2.94. The van der Waals surface area contributed by atoms with Gasteiger partial charge in [-0.05, 0) is 42.5 Å². The molecule has 2 aromatic carbocycles. The molecule has 0 bridgehead atoms. The number of rotatable bonds is 12. The van der Waals surface area contributed by atoms with Gasteiger partial charge >= 0.3 is 0 Å². The Hall–Kier alpha value is -3.40. The van der Waals surface area contributed by atoms with E-state index in [1.165, 1.54) is 0 Å². The van der Waals surface area contributed by atoms with Gasteiger partial charge in [0.15, 0.2) is 0 Å². The molecule has 0 saturated carbocycles. The minimum Gasteiger partial charge on any atom is -1.00 e. The third-order valence-corrected chi connectivity index (χ3v) is 8.16. The first-order valence-corrected chi connectivity index (χ1v) is 14.3. The van der Waals surface area contributed by atoms with Gasteiger partial charge in [-0.2, -0.15) is 0 Å². The molecule has 1 fully saturated rings. The first-order valence-electron chi connectivity index (χ1n) is 14.3. The summed E-state index contributed by atoms with van der Waals surface area (Å²) in [5.74, 6) is 0.366. The number of Topliss-reactive ketones (excluding diaryl/α,β-unsaturated/α-hetero) is 1. The van der Waals surface area contributed by atoms with Crippen LogP contribution < -0.4 is 40.6 Å². The standard InChI is InChI=1S/C32H41N5O4.2ClH/c1-4-8-29(38)32(24-9-6-5-7-10-24)15-17-37(18-16-32)31(40)28(19-23-11-13-26(41-3)14-12-23)35-30(39)27(33)20-25-21-34-22-36(25)2;;/h5-7,9-14,21-22,27-28H,4,8,15-20,33H2,1-3H3,(H,35,39);2*1H/p-2. The molecule has 4 rings (SSSR count). The highest BCUT2D eigenvalue weighted by Gasteiger charge is 2.43. The molecule has 9 nitrogen and oxygen atoms in total. The summed E-state index contributed by atoms with van der Waals surface area (Å²) < 4.78 is 7.09. The van der Waals surface area contributed by atoms with Gasteiger partial charge in [-0.25, -0.2) is 4.98 Å². The number of aryl methyl sites for hydroxylation is 1. The zero-order valence-corrected chi connectivity index (χ0v) is 26.5. The van der Waals surface area contributed by atoms with E-state index in [1.807, 2.05) is 73.1 Å². The maximum atomic E-state index is 13.9. The van der Waals surface area contributed by atoms with Gasteiger partial charge in [0.05, 0.1) is 24.9 Å². The molecule has 1 aromatic heterocycles. The molecule has 3 N–H and O–H groups in total. The van der Waals surface area contributed by atoms with Gasteiger partial charge in [-0.3, -0.25) is 14.4 Å². The van der Waals surface area contributed by atoms with Crippen molar-refractivity contribution < 1.29 is 43.9 Å². The third kappa shape index (κ3) is 8.59. The second-order valence-electron chi connectivity index (χ2n) is 10.9. The fourth-order valence-electron chi connectivity index (χ4n) is 5.66. The predicted molar refractivity (Wildman–Crippen MR) is 157 cm³/mol. The van der Waals surface area contributed by atoms with Gasteiger partial charge in [0.2, 0.25) is 11.8 Å². The first-order chi connectivity index (χ1) is 19.8. The molecule has 2 heterocycles. The monoisotopic (exact) mass is 629 g/mol. The number of likely N-dealkylation sites (tertiary alicyclic amines) is 1. The molecule has 0 aliphatic carbocycles. The molecule has 0 spiro atoms. The highest BCUT2D eigenvalue weighted by molar-refractivity contribution is 5.92. The normalized spacial score (nSPS) is 15.3. The van der Waals surface area contributed by atoms with E-state index in [9.17, 15) is 14.4 Å². The molecule has 1 aliphatic rings. The van der Waals surface area contributed by atoms with Crippen molar-refractivity contribution in [2.45, 2.75) is 62.9 Å². The van der Waals surface area contributed by atoms with E-state index in [-0.39, 0.29) is 36.5 Å². The highest BCUT2D eigenvalue weighted by atomic mass is 35.5. The van der Waals surface area contributed by atoms with Crippen LogP contribution in [0.5, 0.6) is 5.75 Å². The van der Waals surface area contributed by atoms with Crippen molar-refractivity contribution in [3.8, 4) is 5.75 Å². The Morgan fingerprint density at radius 2 is 1.67 bits per heavy atom. The average Bonchev–Trinajstić information content (AvgIpc) is 3.41. The number of benzene rings is 2. The number of halogens is 2. The van der Waals surface area contributed by atoms with Crippen molar-refractivity contribution in [3.05, 3.63) is 83.9 Å². The van der Waals surface area contributed by atoms with E-state index in [2.05, 4.69) is 10.3 Å². The molecule has 11 heteroatoms. The Balaban J connectivity index is 0.00000323. The molecule has 3 aromatic rings. The number of ketones is 1. The molecule has 1 aliphatic heterocycles. The smallest absolute Gasteiger partial charge is 0.245 e. The van der Waals surface area contributed by atoms with Gasteiger partial charge in [0.25, 0.3) is 0 Å². The first kappa shape index (κ1) is 35.8. The number of aromatic nitrogens is 2. The minimum atomic E-state index is -0.838. The fourth-order valence-corrected chi connectivity index (χ4v) is 5.66. The van der Waals surface area contributed by atoms with E-state index in [1.54, 1.807) is 24.5 Å². The lowest BCUT2D eigenvalue weighted by atomic mass is 9.68. The second kappa shape index (κ2) is 16.4. The molecule has 43 heavy (non-hydrogen) atoms. The second-order valence-corrected chi connectivity index (χ2v) is 10.9. The van der Waals surface area contributed by atoms with Crippen molar-refractivity contribution in [1.29, 1.82) is 0 Å². The van der Waals surface area contributed by atoms with Crippen LogP contribution in [0.1, 0.15) is 49.4 Å². The molecule has 0 radical (unpaired) electrons. The summed E-state index contributed by atoms with van der Waals surface area (Å²) in [7, 11) is 3.45. The van der Waals surface area contributed by atoms with Gasteiger partial charge in [-0.15, -0.1) is 0 Å². The summed E-state index contributed by atoms with van der Waals surface area (Å²) in [6.07, 6.45) is 6.33. The Morgan fingerprint density at radius 3 is 2.23 bits per heavy atom. The van der Waals surface area contributed by atoms with E-state index in [4.69, 9.17) is 10.5 Å². The maximum absolute atomic E-state index is 13.9. The Morgan fingerprint density at radius 1 is 1.02 bits per heavy atom. The number of carbonyl (C=O) groups is 3. The quantitative estimate of drug-likeness (QED) is 0.220. The van der Waals surface area contributed by atoms with Crippen molar-refractivity contribution in [3.63, 3.8) is 0 Å². The number of methoxy groups -OCH3 is 1. The lowest BCUT2D eigenvalue weighted by Gasteiger charge is -2.42. The molecule has 2 atom stereocenters. The summed E-state index contributed by atoms with van der Waals surface area (Å²) in [6, 6.07) is 15.7. The average molecular weight is 631 g/mol. The summed E-state index contributed by atoms with van der Waals surface area (Å²) in [5.41, 5.74) is 8.39. The predicted octanol–water partition coefficient (Wildman–Crippen LogP) is -3.04. The lowest BCUT2D eigenvalue weighted by Crippen LogP contribution is -3.00. The lowest BCUT2D eigenvalue weighted by molar-refractivity contribution is -0.139. The molecular formula is C32H41Cl2N5O4-2. The third-order valence-electron chi connectivity index (χ3n) is 8.16. The number of piperidine rings is 1. The van der Waals surface area contributed by atoms with E-state index in [0.717, 1.165) is 23.2 Å². The number of amides is 2. The zero-order chi connectivity index (χ0) is 29.4. The largest absolute Gasteiger partial charge is 1.00 e. The van der Waals surface area contributed by atoms with Gasteiger partial charge in [0.1, 0.15) is 17.6 Å². The van der Waals surface area contributed by atoms with Gasteiger partial charge < -0.3 is 50.1 Å². The van der Waals surface area contributed by atoms with Gasteiger partial charge in [-0.1, -0.05) is 49.4 Å². The van der Waals surface area contributed by atoms with Crippen LogP contribution in [0.4, 0.5) is 0 Å². The number of nitrogens with one attached hydrogen (secondary N) is 1. The van der Waals surface area contributed by atoms with Crippen LogP contribution in [0.15, 0.2) is 67.1 Å². The van der Waals surface area contributed by atoms with Crippen LogP contribution in [0.3, 0.4) is 0 Å². The number of nitrogens with zero attached hydrogens (tertiary/aromatic N) is 3. The Bertz CT molecular complexity index is 1330. The van der Waals surface area contributed by atoms with Crippen LogP contribution in [0, 0.1) is 0 Å². The summed E-state index contributed by atoms with van der Waals surface area (Å²) >= 11 is 0. The van der Waals surface area contributed by atoms with E-state index >= 15 is 0 Å². The molecule has 1 saturated heterocycles. The number of carbonyl (C=O) groups excluding carboxylic acids is 3. The van der Waals surface area contributed by atoms with Crippen molar-refractivity contribution >= 4 is 17.6 Å². The minimum absolute atomic E-state index is 0. The van der Waals surface area contributed by atoms with Crippen LogP contribution in [-0.2, 0) is 39.7 Å². The molecular weight excluding hydrogens is 589 g/mol. The van der Waals surface area contributed by atoms with Crippen LogP contribution in [0.25, 0.3) is 0 Å². The number of imidazole rings is 1. The summed E-state index contributed by atoms with van der Waals surface area (Å²) in [4.78, 5) is 46.4. The number of ether oxygens (including phenoxy) is 1. The van der Waals surface area contributed by atoms with Crippen LogP contribution >= 0.6 is 0 Å². The maximum Gasteiger partial charge on any atom is 0.245 e. The Kier molecular flexibility index (Phi) is 13.7. The zero-order valence-electron chi connectivity index (χ0n) is 25.0. The SMILES string of the molecule is CCCC(=O)C1(c2ccccc2)CCN(C(=O)C(Cc2ccc(OC)cc2)NC(=O)C(N)Cc2cncn2C)CC1.[Cl-].[Cl-]. The highest BCUT2D eigenvalue weighted by Crippen LogP contribution is 2.38. The number of nitrogens with two attached hydrogens (primary N) is 1. The molecule has 2 unspecified atom stereocenters. The van der Waals surface area contributed by atoms with Crippen LogP contribution in [0.2, 0.25) is 0 Å². The Labute approximate surface area is 266 Å². The van der Waals surface area contributed by atoms with E-state index < -0.39 is 23.4 Å². The van der Waals surface area contributed by atoms with Gasteiger partial charge in [0, 0.05) is 51.3 Å². The topological polar surface area (TPSA) is 120 Å².